The molecule has 0 saturated carbocycles. The second kappa shape index (κ2) is 9.74. The third kappa shape index (κ3) is 4.97. The highest BCUT2D eigenvalue weighted by Gasteiger charge is 2.40. The standard InChI is InChI=1S/C23H21BrFN5O5/c1-35-21(32)12-6-13(24)8-15(7-12)27-20(31)19-9-14(25)10-30(19)23(34)28-17-11-29(22(26)33)18-5-3-2-4-16(17)18/h2-8,11,14,19H,9-10H2,1H3,(H2,26,33)(H,27,31)(H,28,34)/t14-,19+/m1/s1. The number of para-hydroxylation sites is 1. The molecular weight excluding hydrogens is 525 g/mol. The number of methoxy groups -OCH3 is 1. The predicted molar refractivity (Wildman–Crippen MR) is 130 cm³/mol. The van der Waals surface area contributed by atoms with Gasteiger partial charge in [-0.1, -0.05) is 34.1 Å². The maximum absolute atomic E-state index is 14.3. The highest BCUT2D eigenvalue weighted by atomic mass is 79.9. The number of aromatic nitrogens is 1. The second-order valence-corrected chi connectivity index (χ2v) is 8.82. The Hall–Kier alpha value is -3.93. The first-order valence-corrected chi connectivity index (χ1v) is 11.3. The molecule has 4 rings (SSSR count). The number of hydrogen-bond acceptors (Lipinski definition) is 5. The summed E-state index contributed by atoms with van der Waals surface area (Å²) in [5.41, 5.74) is 6.67. The van der Waals surface area contributed by atoms with Crippen molar-refractivity contribution in [3.8, 4) is 0 Å². The van der Waals surface area contributed by atoms with E-state index >= 15 is 0 Å². The Bertz CT molecular complexity index is 1340. The van der Waals surface area contributed by atoms with Crippen LogP contribution in [0.4, 0.5) is 25.4 Å². The van der Waals surface area contributed by atoms with Gasteiger partial charge in [-0.3, -0.25) is 9.36 Å². The highest BCUT2D eigenvalue weighted by molar-refractivity contribution is 9.10. The summed E-state index contributed by atoms with van der Waals surface area (Å²) in [5.74, 6) is -1.21. The number of rotatable bonds is 4. The molecule has 4 amide bonds. The van der Waals surface area contributed by atoms with E-state index in [2.05, 4.69) is 26.6 Å². The molecule has 1 aliphatic rings. The Morgan fingerprint density at radius 3 is 2.60 bits per heavy atom. The van der Waals surface area contributed by atoms with Gasteiger partial charge >= 0.3 is 18.0 Å². The fourth-order valence-corrected chi connectivity index (χ4v) is 4.52. The van der Waals surface area contributed by atoms with E-state index in [1.54, 1.807) is 30.3 Å². The molecule has 0 spiro atoms. The van der Waals surface area contributed by atoms with Crippen LogP contribution in [0.2, 0.25) is 0 Å². The van der Waals surface area contributed by atoms with Crippen LogP contribution in [0.25, 0.3) is 10.9 Å². The third-order valence-electron chi connectivity index (χ3n) is 5.59. The van der Waals surface area contributed by atoms with Crippen molar-refractivity contribution in [3.05, 3.63) is 58.7 Å². The minimum atomic E-state index is -1.41. The van der Waals surface area contributed by atoms with Crippen molar-refractivity contribution in [1.82, 2.24) is 9.47 Å². The Balaban J connectivity index is 1.55. The van der Waals surface area contributed by atoms with Gasteiger partial charge in [0.25, 0.3) is 0 Å². The molecule has 182 valence electrons. The van der Waals surface area contributed by atoms with Gasteiger partial charge in [-0.2, -0.15) is 0 Å². The number of nitrogens with two attached hydrogens (primary N) is 1. The quantitative estimate of drug-likeness (QED) is 0.429. The number of carbonyl (C=O) groups excluding carboxylic acids is 4. The topological polar surface area (TPSA) is 136 Å². The summed E-state index contributed by atoms with van der Waals surface area (Å²) < 4.78 is 20.7. The number of halogens is 2. The second-order valence-electron chi connectivity index (χ2n) is 7.91. The summed E-state index contributed by atoms with van der Waals surface area (Å²) in [6.07, 6.45) is -0.226. The molecule has 1 aromatic heterocycles. The van der Waals surface area contributed by atoms with Gasteiger partial charge in [0.15, 0.2) is 0 Å². The van der Waals surface area contributed by atoms with E-state index in [1.165, 1.54) is 30.0 Å². The van der Waals surface area contributed by atoms with Crippen molar-refractivity contribution in [2.24, 2.45) is 5.73 Å². The molecule has 0 bridgehead atoms. The molecule has 2 atom stereocenters. The molecule has 0 aliphatic carbocycles. The molecule has 2 aromatic carbocycles. The Labute approximate surface area is 207 Å². The van der Waals surface area contributed by atoms with Crippen LogP contribution < -0.4 is 16.4 Å². The van der Waals surface area contributed by atoms with Crippen LogP contribution in [-0.2, 0) is 9.53 Å². The first kappa shape index (κ1) is 24.2. The van der Waals surface area contributed by atoms with Gasteiger partial charge in [0, 0.05) is 28.2 Å². The molecule has 3 aromatic rings. The first-order valence-electron chi connectivity index (χ1n) is 10.5. The predicted octanol–water partition coefficient (Wildman–Crippen LogP) is 3.70. The number of hydrogen-bond donors (Lipinski definition) is 3. The van der Waals surface area contributed by atoms with E-state index in [-0.39, 0.29) is 24.2 Å². The number of benzene rings is 2. The van der Waals surface area contributed by atoms with Gasteiger partial charge in [0.1, 0.15) is 12.2 Å². The Morgan fingerprint density at radius 1 is 1.14 bits per heavy atom. The molecule has 2 heterocycles. The lowest BCUT2D eigenvalue weighted by Gasteiger charge is -2.24. The van der Waals surface area contributed by atoms with Gasteiger partial charge < -0.3 is 26.0 Å². The zero-order chi connectivity index (χ0) is 25.3. The van der Waals surface area contributed by atoms with Crippen LogP contribution in [-0.4, -0.2) is 59.3 Å². The molecule has 1 fully saturated rings. The van der Waals surface area contributed by atoms with Crippen molar-refractivity contribution < 1.29 is 28.3 Å². The summed E-state index contributed by atoms with van der Waals surface area (Å²) in [6.45, 7) is -0.287. The summed E-state index contributed by atoms with van der Waals surface area (Å²) >= 11 is 3.27. The highest BCUT2D eigenvalue weighted by Crippen LogP contribution is 2.28. The maximum Gasteiger partial charge on any atom is 0.337 e. The molecule has 10 nitrogen and oxygen atoms in total. The van der Waals surface area contributed by atoms with Gasteiger partial charge in [-0.05, 0) is 24.3 Å². The number of nitrogens with zero attached hydrogens (tertiary/aromatic N) is 2. The van der Waals surface area contributed by atoms with Crippen LogP contribution in [0.3, 0.4) is 0 Å². The number of likely N-dealkylation sites (tertiary alicyclic amines) is 1. The number of anilines is 2. The number of amides is 4. The molecular formula is C23H21BrFN5O5. The first-order chi connectivity index (χ1) is 16.7. The molecule has 1 saturated heterocycles. The van der Waals surface area contributed by atoms with Crippen LogP contribution in [0.5, 0.6) is 0 Å². The van der Waals surface area contributed by atoms with Crippen LogP contribution in [0, 0.1) is 0 Å². The number of fused-ring (bicyclic) bond motifs is 1. The number of ether oxygens (including phenoxy) is 1. The number of primary amides is 1. The SMILES string of the molecule is COC(=O)c1cc(Br)cc(NC(=O)[C@@H]2C[C@@H](F)CN2C(=O)Nc2cn(C(N)=O)c3ccccc23)c1. The monoisotopic (exact) mass is 545 g/mol. The number of nitrogens with one attached hydrogen (secondary N) is 2. The summed E-state index contributed by atoms with van der Waals surface area (Å²) in [5, 5.41) is 5.84. The van der Waals surface area contributed by atoms with Crippen molar-refractivity contribution in [2.45, 2.75) is 18.6 Å². The molecule has 4 N–H and O–H groups in total. The Morgan fingerprint density at radius 2 is 1.89 bits per heavy atom. The zero-order valence-electron chi connectivity index (χ0n) is 18.5. The summed E-state index contributed by atoms with van der Waals surface area (Å²) in [4.78, 5) is 50.8. The number of carbonyl (C=O) groups is 4. The van der Waals surface area contributed by atoms with Gasteiger partial charge in [0.2, 0.25) is 5.91 Å². The van der Waals surface area contributed by atoms with E-state index in [1.807, 2.05) is 0 Å². The average molecular weight is 546 g/mol. The lowest BCUT2D eigenvalue weighted by Crippen LogP contribution is -2.45. The van der Waals surface area contributed by atoms with Crippen molar-refractivity contribution in [3.63, 3.8) is 0 Å². The third-order valence-corrected chi connectivity index (χ3v) is 6.05. The van der Waals surface area contributed by atoms with E-state index in [0.717, 1.165) is 4.90 Å². The van der Waals surface area contributed by atoms with E-state index in [0.29, 0.717) is 21.1 Å². The normalized spacial score (nSPS) is 17.3. The molecule has 0 radical (unpaired) electrons. The molecule has 0 unspecified atom stereocenters. The summed E-state index contributed by atoms with van der Waals surface area (Å²) in [6, 6.07) is 8.78. The number of urea groups is 1. The zero-order valence-corrected chi connectivity index (χ0v) is 20.0. The van der Waals surface area contributed by atoms with E-state index in [9.17, 15) is 23.6 Å². The molecule has 35 heavy (non-hydrogen) atoms. The van der Waals surface area contributed by atoms with Gasteiger partial charge in [-0.15, -0.1) is 0 Å². The van der Waals surface area contributed by atoms with Crippen molar-refractivity contribution >= 4 is 62.1 Å². The van der Waals surface area contributed by atoms with Crippen molar-refractivity contribution in [2.75, 3.05) is 24.3 Å². The fourth-order valence-electron chi connectivity index (χ4n) is 4.03. The fraction of sp³-hybridized carbons (Fsp3) is 0.217. The van der Waals surface area contributed by atoms with Crippen molar-refractivity contribution in [1.29, 1.82) is 0 Å². The van der Waals surface area contributed by atoms with Crippen LogP contribution in [0.1, 0.15) is 16.8 Å². The average Bonchev–Trinajstić information content (AvgIpc) is 3.39. The van der Waals surface area contributed by atoms with Crippen LogP contribution in [0.15, 0.2) is 53.1 Å². The summed E-state index contributed by atoms with van der Waals surface area (Å²) in [7, 11) is 1.23. The van der Waals surface area contributed by atoms with Gasteiger partial charge in [0.05, 0.1) is 30.4 Å². The maximum atomic E-state index is 14.3. The minimum Gasteiger partial charge on any atom is -0.465 e. The molecule has 1 aliphatic heterocycles. The van der Waals surface area contributed by atoms with E-state index < -0.39 is 36.2 Å². The van der Waals surface area contributed by atoms with Gasteiger partial charge in [-0.25, -0.2) is 18.8 Å². The largest absolute Gasteiger partial charge is 0.465 e. The smallest absolute Gasteiger partial charge is 0.337 e. The lowest BCUT2D eigenvalue weighted by atomic mass is 10.1. The molecule has 12 heteroatoms. The Kier molecular flexibility index (Phi) is 6.74. The lowest BCUT2D eigenvalue weighted by molar-refractivity contribution is -0.119. The number of alkyl halides is 1. The van der Waals surface area contributed by atoms with E-state index in [4.69, 9.17) is 10.5 Å². The number of esters is 1. The van der Waals surface area contributed by atoms with Crippen LogP contribution >= 0.6 is 15.9 Å². The minimum absolute atomic E-state index is 0.194.